The van der Waals surface area contributed by atoms with Crippen LogP contribution in [0.4, 0.5) is 4.79 Å². The Hall–Kier alpha value is -0.770. The number of rotatable bonds is 4. The summed E-state index contributed by atoms with van der Waals surface area (Å²) in [7, 11) is 1.78. The molecule has 1 rings (SSSR count). The number of likely N-dealkylation sites (N-methyl/N-ethyl adjacent to an activating group) is 1. The average molecular weight is 242 g/mol. The van der Waals surface area contributed by atoms with E-state index in [2.05, 4.69) is 6.92 Å². The van der Waals surface area contributed by atoms with Crippen molar-refractivity contribution in [2.24, 2.45) is 11.1 Å². The van der Waals surface area contributed by atoms with Crippen molar-refractivity contribution in [1.82, 2.24) is 4.90 Å². The van der Waals surface area contributed by atoms with E-state index in [4.69, 9.17) is 10.5 Å². The summed E-state index contributed by atoms with van der Waals surface area (Å²) in [4.78, 5) is 13.6. The van der Waals surface area contributed by atoms with Crippen LogP contribution in [0.5, 0.6) is 0 Å². The van der Waals surface area contributed by atoms with Gasteiger partial charge in [-0.3, -0.25) is 0 Å². The summed E-state index contributed by atoms with van der Waals surface area (Å²) in [5.41, 5.74) is 5.70. The van der Waals surface area contributed by atoms with Gasteiger partial charge in [0.1, 0.15) is 5.60 Å². The fourth-order valence-corrected chi connectivity index (χ4v) is 1.85. The Morgan fingerprint density at radius 2 is 2.00 bits per heavy atom. The van der Waals surface area contributed by atoms with Gasteiger partial charge in [-0.1, -0.05) is 6.92 Å². The SMILES string of the molecule is CN(C(=O)OC(C)(C)C)C(CN)CC1(C)CC1. The first-order valence-corrected chi connectivity index (χ1v) is 6.33. The molecule has 0 aliphatic heterocycles. The van der Waals surface area contributed by atoms with Crippen molar-refractivity contribution in [3.05, 3.63) is 0 Å². The summed E-state index contributed by atoms with van der Waals surface area (Å²) in [6, 6.07) is 0.0809. The number of carbonyl (C=O) groups is 1. The molecule has 0 saturated heterocycles. The predicted octanol–water partition coefficient (Wildman–Crippen LogP) is 2.37. The monoisotopic (exact) mass is 242 g/mol. The molecule has 0 aromatic rings. The first-order chi connectivity index (χ1) is 7.67. The molecule has 0 aromatic carbocycles. The molecule has 17 heavy (non-hydrogen) atoms. The Morgan fingerprint density at radius 1 is 1.47 bits per heavy atom. The van der Waals surface area contributed by atoms with Gasteiger partial charge in [-0.25, -0.2) is 4.79 Å². The highest BCUT2D eigenvalue weighted by Crippen LogP contribution is 2.49. The van der Waals surface area contributed by atoms with Crippen LogP contribution in [0.2, 0.25) is 0 Å². The number of hydrogen-bond donors (Lipinski definition) is 1. The topological polar surface area (TPSA) is 55.6 Å². The lowest BCUT2D eigenvalue weighted by atomic mass is 9.98. The zero-order chi connectivity index (χ0) is 13.3. The van der Waals surface area contributed by atoms with Gasteiger partial charge in [0.15, 0.2) is 0 Å². The van der Waals surface area contributed by atoms with Gasteiger partial charge in [0.25, 0.3) is 0 Å². The molecule has 0 aromatic heterocycles. The maximum Gasteiger partial charge on any atom is 0.410 e. The minimum atomic E-state index is -0.450. The first-order valence-electron chi connectivity index (χ1n) is 6.33. The van der Waals surface area contributed by atoms with E-state index < -0.39 is 5.60 Å². The van der Waals surface area contributed by atoms with Crippen LogP contribution in [-0.2, 0) is 4.74 Å². The Kier molecular flexibility index (Phi) is 4.07. The number of carbonyl (C=O) groups excluding carboxylic acids is 1. The molecule has 0 bridgehead atoms. The van der Waals surface area contributed by atoms with Crippen LogP contribution in [-0.4, -0.2) is 36.2 Å². The number of amides is 1. The second-order valence-electron chi connectivity index (χ2n) is 6.50. The van der Waals surface area contributed by atoms with E-state index in [9.17, 15) is 4.79 Å². The van der Waals surface area contributed by atoms with Crippen LogP contribution < -0.4 is 5.73 Å². The third-order valence-electron chi connectivity index (χ3n) is 3.33. The van der Waals surface area contributed by atoms with Gasteiger partial charge in [0.2, 0.25) is 0 Å². The third-order valence-corrected chi connectivity index (χ3v) is 3.33. The lowest BCUT2D eigenvalue weighted by Crippen LogP contribution is -2.45. The second-order valence-corrected chi connectivity index (χ2v) is 6.50. The normalized spacial score (nSPS) is 19.6. The van der Waals surface area contributed by atoms with E-state index in [1.54, 1.807) is 11.9 Å². The van der Waals surface area contributed by atoms with E-state index in [1.807, 2.05) is 20.8 Å². The van der Waals surface area contributed by atoms with Gasteiger partial charge in [0.05, 0.1) is 0 Å². The van der Waals surface area contributed by atoms with Gasteiger partial charge in [0, 0.05) is 19.6 Å². The van der Waals surface area contributed by atoms with Crippen molar-refractivity contribution in [2.45, 2.75) is 58.6 Å². The molecule has 0 heterocycles. The Morgan fingerprint density at radius 3 is 2.35 bits per heavy atom. The van der Waals surface area contributed by atoms with E-state index in [1.165, 1.54) is 12.8 Å². The van der Waals surface area contributed by atoms with Crippen molar-refractivity contribution in [3.63, 3.8) is 0 Å². The van der Waals surface area contributed by atoms with Gasteiger partial charge in [-0.2, -0.15) is 0 Å². The molecule has 2 N–H and O–H groups in total. The summed E-state index contributed by atoms with van der Waals surface area (Å²) in [5, 5.41) is 0. The Bertz CT molecular complexity index is 280. The van der Waals surface area contributed by atoms with E-state index in [-0.39, 0.29) is 12.1 Å². The van der Waals surface area contributed by atoms with Crippen molar-refractivity contribution in [2.75, 3.05) is 13.6 Å². The maximum atomic E-state index is 11.9. The molecule has 4 heteroatoms. The van der Waals surface area contributed by atoms with E-state index >= 15 is 0 Å². The standard InChI is InChI=1S/C13H26N2O2/c1-12(2,3)17-11(16)15(5)10(9-14)8-13(4)6-7-13/h10H,6-9,14H2,1-5H3. The van der Waals surface area contributed by atoms with E-state index in [0.717, 1.165) is 6.42 Å². The average Bonchev–Trinajstić information content (AvgIpc) is 2.89. The molecule has 1 fully saturated rings. The van der Waals surface area contributed by atoms with Crippen molar-refractivity contribution < 1.29 is 9.53 Å². The lowest BCUT2D eigenvalue weighted by molar-refractivity contribution is 0.0206. The van der Waals surface area contributed by atoms with Crippen LogP contribution in [0.1, 0.15) is 47.0 Å². The lowest BCUT2D eigenvalue weighted by Gasteiger charge is -2.31. The molecule has 0 spiro atoms. The molecule has 4 nitrogen and oxygen atoms in total. The number of nitrogens with zero attached hydrogens (tertiary/aromatic N) is 1. The summed E-state index contributed by atoms with van der Waals surface area (Å²) >= 11 is 0. The minimum absolute atomic E-state index is 0.0809. The summed E-state index contributed by atoms with van der Waals surface area (Å²) in [6.45, 7) is 8.36. The van der Waals surface area contributed by atoms with E-state index in [0.29, 0.717) is 12.0 Å². The zero-order valence-corrected chi connectivity index (χ0v) is 11.7. The zero-order valence-electron chi connectivity index (χ0n) is 11.7. The molecular formula is C13H26N2O2. The fourth-order valence-electron chi connectivity index (χ4n) is 1.85. The molecule has 1 aliphatic rings. The van der Waals surface area contributed by atoms with Crippen LogP contribution in [0.15, 0.2) is 0 Å². The van der Waals surface area contributed by atoms with Crippen LogP contribution >= 0.6 is 0 Å². The molecule has 100 valence electrons. The van der Waals surface area contributed by atoms with Crippen LogP contribution in [0, 0.1) is 5.41 Å². The summed E-state index contributed by atoms with van der Waals surface area (Å²) in [5.74, 6) is 0. The number of ether oxygens (including phenoxy) is 1. The van der Waals surface area contributed by atoms with Gasteiger partial charge < -0.3 is 15.4 Å². The molecular weight excluding hydrogens is 216 g/mol. The third kappa shape index (κ3) is 4.54. The number of nitrogens with two attached hydrogens (primary N) is 1. The largest absolute Gasteiger partial charge is 0.444 e. The molecule has 1 atom stereocenters. The highest BCUT2D eigenvalue weighted by Gasteiger charge is 2.40. The Balaban J connectivity index is 2.53. The predicted molar refractivity (Wildman–Crippen MR) is 68.8 cm³/mol. The van der Waals surface area contributed by atoms with Crippen LogP contribution in [0.25, 0.3) is 0 Å². The fraction of sp³-hybridized carbons (Fsp3) is 0.923. The van der Waals surface area contributed by atoms with Crippen molar-refractivity contribution >= 4 is 6.09 Å². The molecule has 0 radical (unpaired) electrons. The summed E-state index contributed by atoms with van der Waals surface area (Å²) in [6.07, 6.45) is 3.17. The quantitative estimate of drug-likeness (QED) is 0.823. The van der Waals surface area contributed by atoms with Crippen molar-refractivity contribution in [3.8, 4) is 0 Å². The molecule has 1 saturated carbocycles. The van der Waals surface area contributed by atoms with Crippen molar-refractivity contribution in [1.29, 1.82) is 0 Å². The van der Waals surface area contributed by atoms with Gasteiger partial charge >= 0.3 is 6.09 Å². The minimum Gasteiger partial charge on any atom is -0.444 e. The smallest absolute Gasteiger partial charge is 0.410 e. The molecule has 1 amide bonds. The molecule has 1 aliphatic carbocycles. The first kappa shape index (κ1) is 14.3. The van der Waals surface area contributed by atoms with Gasteiger partial charge in [-0.15, -0.1) is 0 Å². The summed E-state index contributed by atoms with van der Waals surface area (Å²) < 4.78 is 5.35. The highest BCUT2D eigenvalue weighted by molar-refractivity contribution is 5.68. The van der Waals surface area contributed by atoms with Gasteiger partial charge in [-0.05, 0) is 45.4 Å². The maximum absolute atomic E-state index is 11.9. The second kappa shape index (κ2) is 4.84. The number of hydrogen-bond acceptors (Lipinski definition) is 3. The molecule has 1 unspecified atom stereocenters. The highest BCUT2D eigenvalue weighted by atomic mass is 16.6. The van der Waals surface area contributed by atoms with Crippen LogP contribution in [0.3, 0.4) is 0 Å². The Labute approximate surface area is 104 Å².